The number of alkyl halides is 6. The van der Waals surface area contributed by atoms with E-state index in [2.05, 4.69) is 0 Å². The van der Waals surface area contributed by atoms with Crippen molar-refractivity contribution in [2.45, 2.75) is 75.2 Å². The molecule has 3 unspecified atom stereocenters. The quantitative estimate of drug-likeness (QED) is 0.438. The molecule has 6 nitrogen and oxygen atoms in total. The van der Waals surface area contributed by atoms with Crippen LogP contribution in [0, 0.1) is 11.7 Å². The molecule has 13 heteroatoms. The summed E-state index contributed by atoms with van der Waals surface area (Å²) >= 11 is 0. The van der Waals surface area contributed by atoms with Crippen LogP contribution in [-0.4, -0.2) is 64.6 Å². The topological polar surface area (TPSA) is 70.1 Å². The van der Waals surface area contributed by atoms with Crippen molar-refractivity contribution >= 4 is 11.8 Å². The van der Waals surface area contributed by atoms with Crippen LogP contribution >= 0.6 is 0 Å². The van der Waals surface area contributed by atoms with E-state index in [0.29, 0.717) is 43.6 Å². The summed E-state index contributed by atoms with van der Waals surface area (Å²) in [5, 5.41) is 9.81. The lowest BCUT2D eigenvalue weighted by Gasteiger charge is -2.39. The number of aliphatic hydroxyl groups is 1. The standard InChI is InChI=1S/C30H31F7N2O4/c1-16(18-10-20(29(32,33)34)14-21(11-18)30(35,36)37)43-25-15-39-24(27(25)17-2-4-22(31)5-3-17)12-19(13-26(39)41)28(42)38-8-6-23(40)7-9-38/h2-5,10-11,14,16,19,23-25,27,40H,6-9,12-13,15H2,1H3/t16-,19?,24?,25+,27?/m1/s1. The molecule has 0 aromatic heterocycles. The van der Waals surface area contributed by atoms with Crippen LogP contribution < -0.4 is 0 Å². The van der Waals surface area contributed by atoms with Gasteiger partial charge < -0.3 is 19.6 Å². The van der Waals surface area contributed by atoms with Crippen molar-refractivity contribution in [2.24, 2.45) is 5.92 Å². The van der Waals surface area contributed by atoms with Gasteiger partial charge in [0.05, 0.1) is 29.4 Å². The number of nitrogens with zero attached hydrogens (tertiary/aromatic N) is 2. The number of benzene rings is 2. The van der Waals surface area contributed by atoms with E-state index in [0.717, 1.165) is 0 Å². The summed E-state index contributed by atoms with van der Waals surface area (Å²) in [4.78, 5) is 29.9. The van der Waals surface area contributed by atoms with Crippen molar-refractivity contribution in [3.05, 3.63) is 70.5 Å². The monoisotopic (exact) mass is 616 g/mol. The molecule has 1 N–H and O–H groups in total. The van der Waals surface area contributed by atoms with Gasteiger partial charge in [-0.1, -0.05) is 12.1 Å². The number of halogens is 7. The van der Waals surface area contributed by atoms with Gasteiger partial charge >= 0.3 is 12.4 Å². The van der Waals surface area contributed by atoms with Gasteiger partial charge in [-0.05, 0) is 67.6 Å². The molecule has 0 radical (unpaired) electrons. The van der Waals surface area contributed by atoms with Crippen molar-refractivity contribution in [1.29, 1.82) is 0 Å². The van der Waals surface area contributed by atoms with E-state index in [1.165, 1.54) is 31.2 Å². The number of ether oxygens (including phenoxy) is 1. The summed E-state index contributed by atoms with van der Waals surface area (Å²) in [5.41, 5.74) is -2.70. The highest BCUT2D eigenvalue weighted by molar-refractivity contribution is 5.87. The Morgan fingerprint density at radius 1 is 0.977 bits per heavy atom. The van der Waals surface area contributed by atoms with E-state index >= 15 is 0 Å². The SMILES string of the molecule is C[C@@H](O[C@H]1CN2C(=O)CC(C(=O)N3CCC(O)CC3)CC2C1c1ccc(F)cc1)c1cc(C(F)(F)F)cc(C(F)(F)F)c1. The minimum absolute atomic E-state index is 0.00219. The van der Waals surface area contributed by atoms with E-state index in [-0.39, 0.29) is 42.8 Å². The molecule has 3 saturated heterocycles. The van der Waals surface area contributed by atoms with Gasteiger partial charge in [0.15, 0.2) is 0 Å². The van der Waals surface area contributed by atoms with Gasteiger partial charge in [0.1, 0.15) is 5.82 Å². The zero-order valence-corrected chi connectivity index (χ0v) is 23.2. The molecule has 43 heavy (non-hydrogen) atoms. The fraction of sp³-hybridized carbons (Fsp3) is 0.533. The van der Waals surface area contributed by atoms with E-state index < -0.39 is 65.5 Å². The maximum atomic E-state index is 13.8. The highest BCUT2D eigenvalue weighted by Crippen LogP contribution is 2.45. The predicted octanol–water partition coefficient (Wildman–Crippen LogP) is 5.70. The number of aliphatic hydroxyl groups excluding tert-OH is 1. The average molecular weight is 617 g/mol. The molecule has 2 aromatic carbocycles. The predicted molar refractivity (Wildman–Crippen MR) is 139 cm³/mol. The third-order valence-electron chi connectivity index (χ3n) is 8.70. The second-order valence-electron chi connectivity index (χ2n) is 11.5. The van der Waals surface area contributed by atoms with Crippen LogP contribution in [0.25, 0.3) is 0 Å². The Balaban J connectivity index is 1.44. The number of piperidine rings is 2. The zero-order valence-electron chi connectivity index (χ0n) is 23.2. The number of amides is 2. The third kappa shape index (κ3) is 6.67. The summed E-state index contributed by atoms with van der Waals surface area (Å²) in [7, 11) is 0. The minimum atomic E-state index is -5.03. The number of hydrogen-bond donors (Lipinski definition) is 1. The molecule has 3 heterocycles. The second kappa shape index (κ2) is 11.7. The van der Waals surface area contributed by atoms with Gasteiger partial charge in [0.25, 0.3) is 0 Å². The highest BCUT2D eigenvalue weighted by Gasteiger charge is 2.51. The van der Waals surface area contributed by atoms with Gasteiger partial charge in [-0.3, -0.25) is 9.59 Å². The Hall–Kier alpha value is -3.19. The second-order valence-corrected chi connectivity index (χ2v) is 11.5. The smallest absolute Gasteiger partial charge is 0.393 e. The van der Waals surface area contributed by atoms with Crippen molar-refractivity contribution < 1.29 is 50.2 Å². The molecule has 3 aliphatic rings. The van der Waals surface area contributed by atoms with Crippen LogP contribution in [0.15, 0.2) is 42.5 Å². The largest absolute Gasteiger partial charge is 0.416 e. The molecule has 0 aliphatic carbocycles. The van der Waals surface area contributed by atoms with Crippen LogP contribution in [0.2, 0.25) is 0 Å². The molecular weight excluding hydrogens is 585 g/mol. The average Bonchev–Trinajstić information content (AvgIpc) is 3.30. The van der Waals surface area contributed by atoms with Crippen LogP contribution in [-0.2, 0) is 26.7 Å². The van der Waals surface area contributed by atoms with Gasteiger partial charge in [0, 0.05) is 43.9 Å². The molecular formula is C30H31F7N2O4. The first-order chi connectivity index (χ1) is 20.1. The van der Waals surface area contributed by atoms with Crippen molar-refractivity contribution in [3.63, 3.8) is 0 Å². The van der Waals surface area contributed by atoms with E-state index in [9.17, 15) is 45.4 Å². The summed E-state index contributed by atoms with van der Waals surface area (Å²) in [6.45, 7) is 2.06. The molecule has 0 spiro atoms. The van der Waals surface area contributed by atoms with Crippen molar-refractivity contribution in [3.8, 4) is 0 Å². The molecule has 0 bridgehead atoms. The Morgan fingerprint density at radius 3 is 2.12 bits per heavy atom. The van der Waals surface area contributed by atoms with E-state index in [1.54, 1.807) is 9.80 Å². The van der Waals surface area contributed by atoms with Crippen LogP contribution in [0.1, 0.15) is 66.9 Å². The molecule has 5 rings (SSSR count). The normalized spacial score (nSPS) is 26.0. The van der Waals surface area contributed by atoms with Gasteiger partial charge in [-0.15, -0.1) is 0 Å². The molecule has 5 atom stereocenters. The number of fused-ring (bicyclic) bond motifs is 1. The number of hydrogen-bond acceptors (Lipinski definition) is 4. The Kier molecular flexibility index (Phi) is 8.51. The van der Waals surface area contributed by atoms with Crippen molar-refractivity contribution in [1.82, 2.24) is 9.80 Å². The number of carbonyl (C=O) groups is 2. The van der Waals surface area contributed by atoms with Crippen molar-refractivity contribution in [2.75, 3.05) is 19.6 Å². The third-order valence-corrected chi connectivity index (χ3v) is 8.70. The molecule has 2 amide bonds. The summed E-state index contributed by atoms with van der Waals surface area (Å²) in [6, 6.07) is 6.14. The van der Waals surface area contributed by atoms with Gasteiger partial charge in [-0.25, -0.2) is 4.39 Å². The molecule has 234 valence electrons. The fourth-order valence-corrected chi connectivity index (χ4v) is 6.48. The van der Waals surface area contributed by atoms with Gasteiger partial charge in [-0.2, -0.15) is 26.3 Å². The molecule has 2 aromatic rings. The molecule has 0 saturated carbocycles. The summed E-state index contributed by atoms with van der Waals surface area (Å²) in [5.74, 6) is -2.33. The molecule has 3 fully saturated rings. The van der Waals surface area contributed by atoms with Crippen LogP contribution in [0.5, 0.6) is 0 Å². The maximum absolute atomic E-state index is 13.8. The highest BCUT2D eigenvalue weighted by atomic mass is 19.4. The summed E-state index contributed by atoms with van der Waals surface area (Å²) in [6.07, 6.45) is -11.6. The number of rotatable bonds is 5. The first kappa shape index (κ1) is 31.2. The van der Waals surface area contributed by atoms with Crippen LogP contribution in [0.4, 0.5) is 30.7 Å². The number of likely N-dealkylation sites (tertiary alicyclic amines) is 1. The van der Waals surface area contributed by atoms with E-state index in [4.69, 9.17) is 4.74 Å². The Bertz CT molecular complexity index is 1310. The summed E-state index contributed by atoms with van der Waals surface area (Å²) < 4.78 is 101. The lowest BCUT2D eigenvalue weighted by Crippen LogP contribution is -2.50. The maximum Gasteiger partial charge on any atom is 0.416 e. The van der Waals surface area contributed by atoms with Gasteiger partial charge in [0.2, 0.25) is 11.8 Å². The first-order valence-corrected chi connectivity index (χ1v) is 14.1. The van der Waals surface area contributed by atoms with Crippen LogP contribution in [0.3, 0.4) is 0 Å². The Labute approximate surface area is 243 Å². The lowest BCUT2D eigenvalue weighted by atomic mass is 9.81. The minimum Gasteiger partial charge on any atom is -0.393 e. The lowest BCUT2D eigenvalue weighted by molar-refractivity contribution is -0.148. The Morgan fingerprint density at radius 2 is 1.56 bits per heavy atom. The zero-order chi connectivity index (χ0) is 31.3. The fourth-order valence-electron chi connectivity index (χ4n) is 6.48. The first-order valence-electron chi connectivity index (χ1n) is 14.1. The molecule has 3 aliphatic heterocycles. The van der Waals surface area contributed by atoms with E-state index in [1.807, 2.05) is 0 Å². The number of carbonyl (C=O) groups excluding carboxylic acids is 2.